The Morgan fingerprint density at radius 2 is 2.15 bits per heavy atom. The summed E-state index contributed by atoms with van der Waals surface area (Å²) < 4.78 is 12.8. The zero-order chi connectivity index (χ0) is 9.68. The normalized spacial score (nSPS) is 10.7. The molecule has 0 aliphatic carbocycles. The Morgan fingerprint density at radius 1 is 1.38 bits per heavy atom. The Morgan fingerprint density at radius 3 is 2.77 bits per heavy atom. The van der Waals surface area contributed by atoms with E-state index in [0.29, 0.717) is 17.3 Å². The molecule has 1 aromatic rings. The van der Waals surface area contributed by atoms with E-state index in [9.17, 15) is 4.39 Å². The Balaban J connectivity index is 2.66. The lowest BCUT2D eigenvalue weighted by molar-refractivity contribution is 0.628. The Labute approximate surface area is 86.2 Å². The van der Waals surface area contributed by atoms with Gasteiger partial charge in [-0.05, 0) is 18.2 Å². The van der Waals surface area contributed by atoms with Crippen molar-refractivity contribution < 1.29 is 4.39 Å². The lowest BCUT2D eigenvalue weighted by Gasteiger charge is -2.03. The molecule has 0 aliphatic heterocycles. The third-order valence-corrected chi connectivity index (χ3v) is 1.77. The van der Waals surface area contributed by atoms with E-state index < -0.39 is 0 Å². The maximum Gasteiger partial charge on any atom is 0.126 e. The second kappa shape index (κ2) is 5.10. The molecule has 0 unspecified atom stereocenters. The van der Waals surface area contributed by atoms with Gasteiger partial charge in [-0.25, -0.2) is 4.39 Å². The molecule has 0 aromatic heterocycles. The van der Waals surface area contributed by atoms with Gasteiger partial charge in [0.2, 0.25) is 0 Å². The molecule has 0 radical (unpaired) electrons. The number of halogens is 3. The molecule has 70 valence electrons. The maximum absolute atomic E-state index is 12.8. The highest BCUT2D eigenvalue weighted by atomic mass is 35.5. The first-order chi connectivity index (χ1) is 6.22. The molecule has 0 heterocycles. The van der Waals surface area contributed by atoms with Crippen LogP contribution in [0.4, 0.5) is 10.1 Å². The molecule has 4 heteroatoms. The van der Waals surface area contributed by atoms with Gasteiger partial charge >= 0.3 is 0 Å². The second-order valence-electron chi connectivity index (χ2n) is 2.40. The van der Waals surface area contributed by atoms with E-state index in [4.69, 9.17) is 23.2 Å². The fourth-order valence-electron chi connectivity index (χ4n) is 0.877. The molecule has 0 amide bonds. The van der Waals surface area contributed by atoms with Crippen LogP contribution in [0.25, 0.3) is 0 Å². The van der Waals surface area contributed by atoms with Crippen molar-refractivity contribution in [2.24, 2.45) is 0 Å². The van der Waals surface area contributed by atoms with Crippen LogP contribution in [0.1, 0.15) is 0 Å². The fourth-order valence-corrected chi connectivity index (χ4v) is 1.19. The van der Waals surface area contributed by atoms with Gasteiger partial charge in [0.15, 0.2) is 0 Å². The number of hydrogen-bond acceptors (Lipinski definition) is 1. The third kappa shape index (κ3) is 3.66. The molecule has 0 fully saturated rings. The summed E-state index contributed by atoms with van der Waals surface area (Å²) in [6.07, 6.45) is 1.71. The Hall–Kier alpha value is -0.730. The average Bonchev–Trinajstić information content (AvgIpc) is 2.03. The molecule has 1 nitrogen and oxygen atoms in total. The molecule has 1 N–H and O–H groups in total. The number of rotatable bonds is 3. The number of benzene rings is 1. The number of nitrogens with one attached hydrogen (secondary N) is 1. The van der Waals surface area contributed by atoms with Crippen LogP contribution >= 0.6 is 23.2 Å². The highest BCUT2D eigenvalue weighted by Gasteiger charge is 1.96. The first-order valence-corrected chi connectivity index (χ1v) is 4.49. The van der Waals surface area contributed by atoms with Gasteiger partial charge in [-0.2, -0.15) is 0 Å². The molecule has 1 aromatic carbocycles. The van der Waals surface area contributed by atoms with E-state index in [0.717, 1.165) is 0 Å². The van der Waals surface area contributed by atoms with Gasteiger partial charge in [0.05, 0.1) is 0 Å². The maximum atomic E-state index is 12.8. The minimum atomic E-state index is -0.357. The number of anilines is 1. The molecular weight excluding hydrogens is 212 g/mol. The summed E-state index contributed by atoms with van der Waals surface area (Å²) in [6.45, 7) is 0.545. The van der Waals surface area contributed by atoms with Gasteiger partial charge in [0.25, 0.3) is 0 Å². The predicted octanol–water partition coefficient (Wildman–Crippen LogP) is 3.64. The first-order valence-electron chi connectivity index (χ1n) is 3.67. The second-order valence-corrected chi connectivity index (χ2v) is 3.09. The zero-order valence-corrected chi connectivity index (χ0v) is 8.24. The van der Waals surface area contributed by atoms with Gasteiger partial charge < -0.3 is 5.32 Å². The van der Waals surface area contributed by atoms with Gasteiger partial charge in [-0.3, -0.25) is 0 Å². The summed E-state index contributed by atoms with van der Waals surface area (Å²) in [7, 11) is 0. The van der Waals surface area contributed by atoms with Crippen molar-refractivity contribution in [3.8, 4) is 0 Å². The molecule has 0 saturated carbocycles. The van der Waals surface area contributed by atoms with E-state index in [2.05, 4.69) is 5.32 Å². The summed E-state index contributed by atoms with van der Waals surface area (Å²) >= 11 is 10.9. The smallest absolute Gasteiger partial charge is 0.126 e. The highest BCUT2D eigenvalue weighted by molar-refractivity contribution is 6.30. The van der Waals surface area contributed by atoms with Gasteiger partial charge in [-0.15, -0.1) is 0 Å². The predicted molar refractivity (Wildman–Crippen MR) is 54.9 cm³/mol. The average molecular weight is 220 g/mol. The van der Waals surface area contributed by atoms with Crippen LogP contribution in [0.3, 0.4) is 0 Å². The minimum Gasteiger partial charge on any atom is -0.381 e. The van der Waals surface area contributed by atoms with E-state index >= 15 is 0 Å². The Bertz CT molecular complexity index is 292. The van der Waals surface area contributed by atoms with Crippen LogP contribution in [-0.4, -0.2) is 6.54 Å². The summed E-state index contributed by atoms with van der Waals surface area (Å²) in [5.41, 5.74) is 2.04. The van der Waals surface area contributed by atoms with Crippen LogP contribution in [0.2, 0.25) is 5.02 Å². The fraction of sp³-hybridized carbons (Fsp3) is 0.111. The van der Waals surface area contributed by atoms with Gasteiger partial charge in [-0.1, -0.05) is 29.3 Å². The quantitative estimate of drug-likeness (QED) is 0.819. The van der Waals surface area contributed by atoms with Crippen molar-refractivity contribution in [3.05, 3.63) is 40.7 Å². The summed E-state index contributed by atoms with van der Waals surface area (Å²) in [4.78, 5) is 0. The van der Waals surface area contributed by atoms with Gasteiger partial charge in [0.1, 0.15) is 5.82 Å². The summed E-state index contributed by atoms with van der Waals surface area (Å²) in [6, 6.07) is 4.27. The first kappa shape index (κ1) is 10.4. The molecule has 0 atom stereocenters. The summed E-state index contributed by atoms with van der Waals surface area (Å²) in [5.74, 6) is -0.357. The van der Waals surface area contributed by atoms with Crippen molar-refractivity contribution in [1.82, 2.24) is 0 Å². The van der Waals surface area contributed by atoms with Crippen molar-refractivity contribution in [2.75, 3.05) is 11.9 Å². The highest BCUT2D eigenvalue weighted by Crippen LogP contribution is 2.17. The minimum absolute atomic E-state index is 0.357. The molecule has 13 heavy (non-hydrogen) atoms. The standard InChI is InChI=1S/C9H8Cl2FN/c10-2-1-3-13-9-5-7(11)4-8(12)6-9/h1-2,4-6,13H,3H2/b2-1+. The third-order valence-electron chi connectivity index (χ3n) is 1.38. The molecule has 0 saturated heterocycles. The lowest BCUT2D eigenvalue weighted by atomic mass is 10.3. The van der Waals surface area contributed by atoms with Crippen molar-refractivity contribution in [1.29, 1.82) is 0 Å². The van der Waals surface area contributed by atoms with Crippen LogP contribution < -0.4 is 5.32 Å². The van der Waals surface area contributed by atoms with Gasteiger partial charge in [0, 0.05) is 22.8 Å². The molecule has 0 spiro atoms. The molecule has 1 rings (SSSR count). The van der Waals surface area contributed by atoms with Crippen molar-refractivity contribution in [2.45, 2.75) is 0 Å². The molecule has 0 bridgehead atoms. The van der Waals surface area contributed by atoms with Crippen LogP contribution in [-0.2, 0) is 0 Å². The topological polar surface area (TPSA) is 12.0 Å². The van der Waals surface area contributed by atoms with Crippen molar-refractivity contribution >= 4 is 28.9 Å². The number of hydrogen-bond donors (Lipinski definition) is 1. The largest absolute Gasteiger partial charge is 0.381 e. The zero-order valence-electron chi connectivity index (χ0n) is 6.73. The molecular formula is C9H8Cl2FN. The van der Waals surface area contributed by atoms with Crippen molar-refractivity contribution in [3.63, 3.8) is 0 Å². The van der Waals surface area contributed by atoms with E-state index in [-0.39, 0.29) is 5.82 Å². The van der Waals surface area contributed by atoms with Crippen LogP contribution in [0.5, 0.6) is 0 Å². The van der Waals surface area contributed by atoms with E-state index in [1.165, 1.54) is 17.7 Å². The van der Waals surface area contributed by atoms with Crippen LogP contribution in [0, 0.1) is 5.82 Å². The monoisotopic (exact) mass is 219 g/mol. The Kier molecular flexibility index (Phi) is 4.06. The molecule has 0 aliphatic rings. The van der Waals surface area contributed by atoms with E-state index in [1.54, 1.807) is 12.1 Å². The van der Waals surface area contributed by atoms with E-state index in [1.807, 2.05) is 0 Å². The van der Waals surface area contributed by atoms with Crippen LogP contribution in [0.15, 0.2) is 29.8 Å². The lowest BCUT2D eigenvalue weighted by Crippen LogP contribution is -1.97. The summed E-state index contributed by atoms with van der Waals surface area (Å²) in [5, 5.41) is 3.30. The SMILES string of the molecule is Fc1cc(Cl)cc(NC/C=C/Cl)c1.